The number of pyridine rings is 1. The summed E-state index contributed by atoms with van der Waals surface area (Å²) < 4.78 is 2.00. The molecule has 0 amide bonds. The molecule has 0 spiro atoms. The zero-order valence-corrected chi connectivity index (χ0v) is 15.8. The van der Waals surface area contributed by atoms with Crippen LogP contribution in [0.1, 0.15) is 41.8 Å². The van der Waals surface area contributed by atoms with Crippen molar-refractivity contribution >= 4 is 31.9 Å². The summed E-state index contributed by atoms with van der Waals surface area (Å²) in [6, 6.07) is 8.74. The topological polar surface area (TPSA) is 24.9 Å². The Morgan fingerprint density at radius 3 is 2.57 bits per heavy atom. The summed E-state index contributed by atoms with van der Waals surface area (Å²) in [5.41, 5.74) is 4.89. The Hall–Kier alpha value is -0.710. The van der Waals surface area contributed by atoms with Gasteiger partial charge in [0, 0.05) is 15.1 Å². The lowest BCUT2D eigenvalue weighted by Gasteiger charge is -2.22. The number of aromatic nitrogens is 1. The van der Waals surface area contributed by atoms with Gasteiger partial charge in [0.05, 0.1) is 11.7 Å². The van der Waals surface area contributed by atoms with Crippen LogP contribution in [0.15, 0.2) is 39.4 Å². The number of aryl methyl sites for hydroxylation is 2. The predicted octanol–water partition coefficient (Wildman–Crippen LogP) is 5.31. The van der Waals surface area contributed by atoms with E-state index in [-0.39, 0.29) is 6.04 Å². The lowest BCUT2D eigenvalue weighted by Crippen LogP contribution is -2.25. The first-order valence-corrected chi connectivity index (χ1v) is 8.73. The van der Waals surface area contributed by atoms with Crippen LogP contribution < -0.4 is 5.32 Å². The van der Waals surface area contributed by atoms with Crippen LogP contribution in [0.2, 0.25) is 0 Å². The van der Waals surface area contributed by atoms with E-state index in [2.05, 4.69) is 81.1 Å². The minimum Gasteiger partial charge on any atom is -0.305 e. The molecule has 0 aliphatic rings. The first kappa shape index (κ1) is 16.7. The summed E-state index contributed by atoms with van der Waals surface area (Å²) in [6.45, 7) is 7.42. The SMILES string of the molecule is CCCNC(c1ccc(C)cc1C)c1ncc(Br)cc1Br. The number of nitrogens with zero attached hydrogens (tertiary/aromatic N) is 1. The van der Waals surface area contributed by atoms with Gasteiger partial charge in [-0.05, 0) is 75.9 Å². The average Bonchev–Trinajstić information content (AvgIpc) is 2.42. The van der Waals surface area contributed by atoms with Gasteiger partial charge in [0.25, 0.3) is 0 Å². The lowest BCUT2D eigenvalue weighted by atomic mass is 9.96. The third-order valence-electron chi connectivity index (χ3n) is 3.44. The molecule has 0 fully saturated rings. The Balaban J connectivity index is 2.46. The second kappa shape index (κ2) is 7.52. The van der Waals surface area contributed by atoms with Crippen molar-refractivity contribution in [2.24, 2.45) is 0 Å². The van der Waals surface area contributed by atoms with Crippen LogP contribution in [0, 0.1) is 13.8 Å². The molecule has 1 N–H and O–H groups in total. The van der Waals surface area contributed by atoms with Gasteiger partial charge in [-0.3, -0.25) is 4.98 Å². The maximum absolute atomic E-state index is 4.61. The van der Waals surface area contributed by atoms with Gasteiger partial charge >= 0.3 is 0 Å². The van der Waals surface area contributed by atoms with Crippen LogP contribution in [-0.2, 0) is 0 Å². The van der Waals surface area contributed by atoms with E-state index in [1.807, 2.05) is 12.3 Å². The van der Waals surface area contributed by atoms with E-state index in [4.69, 9.17) is 0 Å². The summed E-state index contributed by atoms with van der Waals surface area (Å²) in [6.07, 6.45) is 2.94. The monoisotopic (exact) mass is 410 g/mol. The van der Waals surface area contributed by atoms with E-state index >= 15 is 0 Å². The highest BCUT2D eigenvalue weighted by molar-refractivity contribution is 9.11. The molecule has 0 aliphatic heterocycles. The van der Waals surface area contributed by atoms with Crippen LogP contribution in [0.4, 0.5) is 0 Å². The summed E-state index contributed by atoms with van der Waals surface area (Å²) in [5, 5.41) is 3.61. The van der Waals surface area contributed by atoms with E-state index in [0.29, 0.717) is 0 Å². The standard InChI is InChI=1S/C17H20Br2N2/c1-4-7-20-16(14-6-5-11(2)8-12(14)3)17-15(19)9-13(18)10-21-17/h5-6,8-10,16,20H,4,7H2,1-3H3. The largest absolute Gasteiger partial charge is 0.305 e. The normalized spacial score (nSPS) is 12.4. The van der Waals surface area contributed by atoms with Gasteiger partial charge in [-0.15, -0.1) is 0 Å². The molecule has 4 heteroatoms. The van der Waals surface area contributed by atoms with E-state index in [1.54, 1.807) is 0 Å². The molecular weight excluding hydrogens is 392 g/mol. The molecule has 1 heterocycles. The number of halogens is 2. The smallest absolute Gasteiger partial charge is 0.0765 e. The van der Waals surface area contributed by atoms with Crippen LogP contribution in [-0.4, -0.2) is 11.5 Å². The maximum Gasteiger partial charge on any atom is 0.0765 e. The predicted molar refractivity (Wildman–Crippen MR) is 95.7 cm³/mol. The quantitative estimate of drug-likeness (QED) is 0.720. The van der Waals surface area contributed by atoms with E-state index in [0.717, 1.165) is 27.6 Å². The van der Waals surface area contributed by atoms with Crippen LogP contribution in [0.5, 0.6) is 0 Å². The molecule has 0 aliphatic carbocycles. The minimum absolute atomic E-state index is 0.105. The number of nitrogens with one attached hydrogen (secondary N) is 1. The first-order chi connectivity index (χ1) is 10.0. The molecule has 2 nitrogen and oxygen atoms in total. The number of hydrogen-bond acceptors (Lipinski definition) is 2. The molecule has 1 atom stereocenters. The van der Waals surface area contributed by atoms with Crippen LogP contribution in [0.25, 0.3) is 0 Å². The Bertz CT molecular complexity index is 575. The van der Waals surface area contributed by atoms with Gasteiger partial charge in [-0.25, -0.2) is 0 Å². The zero-order valence-electron chi connectivity index (χ0n) is 12.6. The molecule has 0 saturated carbocycles. The fraction of sp³-hybridized carbons (Fsp3) is 0.353. The third-order valence-corrected chi connectivity index (χ3v) is 4.51. The number of hydrogen-bond donors (Lipinski definition) is 1. The van der Waals surface area contributed by atoms with Crippen LogP contribution in [0.3, 0.4) is 0 Å². The van der Waals surface area contributed by atoms with E-state index < -0.39 is 0 Å². The van der Waals surface area contributed by atoms with E-state index in [9.17, 15) is 0 Å². The van der Waals surface area contributed by atoms with Gasteiger partial charge in [-0.2, -0.15) is 0 Å². The fourth-order valence-corrected chi connectivity index (χ4v) is 3.65. The van der Waals surface area contributed by atoms with Crippen LogP contribution >= 0.6 is 31.9 Å². The Morgan fingerprint density at radius 2 is 1.95 bits per heavy atom. The van der Waals surface area contributed by atoms with Crippen molar-refractivity contribution in [1.29, 1.82) is 0 Å². The molecule has 1 aromatic carbocycles. The molecule has 1 unspecified atom stereocenters. The lowest BCUT2D eigenvalue weighted by molar-refractivity contribution is 0.582. The molecule has 1 aromatic heterocycles. The van der Waals surface area contributed by atoms with Gasteiger partial charge in [-0.1, -0.05) is 30.7 Å². The van der Waals surface area contributed by atoms with Crippen molar-refractivity contribution in [1.82, 2.24) is 10.3 Å². The van der Waals surface area contributed by atoms with Gasteiger partial charge < -0.3 is 5.32 Å². The fourth-order valence-electron chi connectivity index (χ4n) is 2.43. The minimum atomic E-state index is 0.105. The molecule has 21 heavy (non-hydrogen) atoms. The number of rotatable bonds is 5. The van der Waals surface area contributed by atoms with Gasteiger partial charge in [0.1, 0.15) is 0 Å². The molecule has 112 valence electrons. The van der Waals surface area contributed by atoms with Crippen molar-refractivity contribution in [3.8, 4) is 0 Å². The maximum atomic E-state index is 4.61. The number of benzene rings is 1. The summed E-state index contributed by atoms with van der Waals surface area (Å²) in [4.78, 5) is 4.61. The van der Waals surface area contributed by atoms with Gasteiger partial charge in [0.2, 0.25) is 0 Å². The van der Waals surface area contributed by atoms with Crippen molar-refractivity contribution in [2.45, 2.75) is 33.2 Å². The van der Waals surface area contributed by atoms with Crippen molar-refractivity contribution in [3.63, 3.8) is 0 Å². The van der Waals surface area contributed by atoms with E-state index in [1.165, 1.54) is 16.7 Å². The highest BCUT2D eigenvalue weighted by atomic mass is 79.9. The molecular formula is C17H20Br2N2. The molecule has 0 saturated heterocycles. The summed E-state index contributed by atoms with van der Waals surface area (Å²) in [5.74, 6) is 0. The molecule has 0 bridgehead atoms. The average molecular weight is 412 g/mol. The highest BCUT2D eigenvalue weighted by Gasteiger charge is 2.19. The first-order valence-electron chi connectivity index (χ1n) is 7.14. The molecule has 2 rings (SSSR count). The van der Waals surface area contributed by atoms with Crippen molar-refractivity contribution in [3.05, 3.63) is 61.8 Å². The molecule has 2 aromatic rings. The van der Waals surface area contributed by atoms with Crippen molar-refractivity contribution in [2.75, 3.05) is 6.54 Å². The summed E-state index contributed by atoms with van der Waals surface area (Å²) >= 11 is 7.11. The Morgan fingerprint density at radius 1 is 1.19 bits per heavy atom. The third kappa shape index (κ3) is 4.15. The zero-order chi connectivity index (χ0) is 15.4. The Kier molecular flexibility index (Phi) is 5.97. The Labute approximate surface area is 143 Å². The second-order valence-corrected chi connectivity index (χ2v) is 7.04. The second-order valence-electron chi connectivity index (χ2n) is 5.27. The van der Waals surface area contributed by atoms with Crippen molar-refractivity contribution < 1.29 is 0 Å². The highest BCUT2D eigenvalue weighted by Crippen LogP contribution is 2.30. The summed E-state index contributed by atoms with van der Waals surface area (Å²) in [7, 11) is 0. The molecule has 0 radical (unpaired) electrons. The van der Waals surface area contributed by atoms with Gasteiger partial charge in [0.15, 0.2) is 0 Å².